The van der Waals surface area contributed by atoms with Crippen LogP contribution in [0.4, 0.5) is 0 Å². The molecule has 1 aliphatic heterocycles. The van der Waals surface area contributed by atoms with Gasteiger partial charge in [0.2, 0.25) is 0 Å². The fourth-order valence-corrected chi connectivity index (χ4v) is 3.38. The average Bonchev–Trinajstić information content (AvgIpc) is 3.11. The van der Waals surface area contributed by atoms with E-state index in [0.717, 1.165) is 19.4 Å². The first-order valence-corrected chi connectivity index (χ1v) is 8.32. The molecule has 2 aromatic rings. The van der Waals surface area contributed by atoms with Crippen molar-refractivity contribution in [1.29, 1.82) is 0 Å². The van der Waals surface area contributed by atoms with Gasteiger partial charge in [0, 0.05) is 12.6 Å². The topological polar surface area (TPSA) is 42.7 Å². The molecule has 0 aliphatic carbocycles. The van der Waals surface area contributed by atoms with Gasteiger partial charge in [-0.25, -0.2) is 4.79 Å². The van der Waals surface area contributed by atoms with E-state index in [4.69, 9.17) is 9.15 Å². The van der Waals surface area contributed by atoms with E-state index < -0.39 is 6.04 Å². The second-order valence-electron chi connectivity index (χ2n) is 5.83. The van der Waals surface area contributed by atoms with E-state index in [2.05, 4.69) is 17.0 Å². The zero-order chi connectivity index (χ0) is 16.1. The van der Waals surface area contributed by atoms with Crippen LogP contribution in [0.2, 0.25) is 0 Å². The number of carbonyl (C=O) groups excluding carboxylic acids is 1. The standard InChI is InChI=1S/C19H23NO3/c1-2-22-19(21)18(17-12-8-14-23-17)20-13-7-6-11-16(20)15-9-4-3-5-10-15/h3-5,8-10,12,14,16,18H,2,6-7,11,13H2,1H3. The van der Waals surface area contributed by atoms with E-state index in [1.54, 1.807) is 6.26 Å². The molecule has 0 saturated carbocycles. The number of likely N-dealkylation sites (tertiary alicyclic amines) is 1. The van der Waals surface area contributed by atoms with Crippen LogP contribution in [0.5, 0.6) is 0 Å². The van der Waals surface area contributed by atoms with Crippen LogP contribution in [-0.2, 0) is 9.53 Å². The highest BCUT2D eigenvalue weighted by molar-refractivity contribution is 5.77. The van der Waals surface area contributed by atoms with Crippen LogP contribution in [-0.4, -0.2) is 24.0 Å². The number of furan rings is 1. The third kappa shape index (κ3) is 3.48. The van der Waals surface area contributed by atoms with Gasteiger partial charge in [0.05, 0.1) is 12.9 Å². The lowest BCUT2D eigenvalue weighted by Gasteiger charge is -2.39. The zero-order valence-corrected chi connectivity index (χ0v) is 13.5. The maximum atomic E-state index is 12.6. The van der Waals surface area contributed by atoms with Crippen LogP contribution >= 0.6 is 0 Å². The molecule has 3 rings (SSSR count). The van der Waals surface area contributed by atoms with Crippen molar-refractivity contribution in [3.63, 3.8) is 0 Å². The highest BCUT2D eigenvalue weighted by Crippen LogP contribution is 2.38. The summed E-state index contributed by atoms with van der Waals surface area (Å²) in [6.45, 7) is 3.08. The molecule has 4 heteroatoms. The Morgan fingerprint density at radius 2 is 2.09 bits per heavy atom. The Morgan fingerprint density at radius 1 is 1.26 bits per heavy atom. The Morgan fingerprint density at radius 3 is 2.78 bits per heavy atom. The summed E-state index contributed by atoms with van der Waals surface area (Å²) >= 11 is 0. The van der Waals surface area contributed by atoms with Gasteiger partial charge < -0.3 is 9.15 Å². The average molecular weight is 313 g/mol. The van der Waals surface area contributed by atoms with Crippen molar-refractivity contribution < 1.29 is 13.9 Å². The third-order valence-corrected chi connectivity index (χ3v) is 4.38. The Hall–Kier alpha value is -2.07. The van der Waals surface area contributed by atoms with Crippen molar-refractivity contribution in [1.82, 2.24) is 4.90 Å². The zero-order valence-electron chi connectivity index (χ0n) is 13.5. The normalized spacial score (nSPS) is 20.1. The van der Waals surface area contributed by atoms with Crippen molar-refractivity contribution in [2.75, 3.05) is 13.2 Å². The van der Waals surface area contributed by atoms with E-state index in [-0.39, 0.29) is 12.0 Å². The van der Waals surface area contributed by atoms with Crippen LogP contribution in [0.15, 0.2) is 53.1 Å². The van der Waals surface area contributed by atoms with Gasteiger partial charge in [-0.2, -0.15) is 0 Å². The monoisotopic (exact) mass is 313 g/mol. The van der Waals surface area contributed by atoms with E-state index in [1.807, 2.05) is 37.3 Å². The molecule has 1 fully saturated rings. The molecule has 23 heavy (non-hydrogen) atoms. The van der Waals surface area contributed by atoms with Crippen molar-refractivity contribution in [3.8, 4) is 0 Å². The Kier molecular flexibility index (Phi) is 5.13. The summed E-state index contributed by atoms with van der Waals surface area (Å²) in [4.78, 5) is 14.8. The number of carbonyl (C=O) groups is 1. The molecule has 0 radical (unpaired) electrons. The second kappa shape index (κ2) is 7.47. The predicted molar refractivity (Wildman–Crippen MR) is 87.8 cm³/mol. The smallest absolute Gasteiger partial charge is 0.331 e. The predicted octanol–water partition coefficient (Wildman–Crippen LogP) is 4.11. The molecule has 1 aromatic heterocycles. The third-order valence-electron chi connectivity index (χ3n) is 4.38. The molecule has 0 N–H and O–H groups in total. The molecule has 0 bridgehead atoms. The van der Waals surface area contributed by atoms with Crippen LogP contribution in [0.1, 0.15) is 49.6 Å². The van der Waals surface area contributed by atoms with Gasteiger partial charge in [0.15, 0.2) is 6.04 Å². The summed E-state index contributed by atoms with van der Waals surface area (Å²) in [5.41, 5.74) is 1.24. The molecular formula is C19H23NO3. The lowest BCUT2D eigenvalue weighted by molar-refractivity contribution is -0.152. The minimum atomic E-state index is -0.476. The van der Waals surface area contributed by atoms with E-state index in [9.17, 15) is 4.79 Å². The Bertz CT molecular complexity index is 609. The van der Waals surface area contributed by atoms with Crippen molar-refractivity contribution in [2.45, 2.75) is 38.3 Å². The summed E-state index contributed by atoms with van der Waals surface area (Å²) in [7, 11) is 0. The van der Waals surface area contributed by atoms with Gasteiger partial charge >= 0.3 is 5.97 Å². The molecule has 2 unspecified atom stereocenters. The fourth-order valence-electron chi connectivity index (χ4n) is 3.38. The van der Waals surface area contributed by atoms with Crippen LogP contribution in [0.25, 0.3) is 0 Å². The minimum Gasteiger partial charge on any atom is -0.467 e. The number of rotatable bonds is 5. The molecule has 4 nitrogen and oxygen atoms in total. The lowest BCUT2D eigenvalue weighted by Crippen LogP contribution is -2.40. The first kappa shape index (κ1) is 15.8. The maximum absolute atomic E-state index is 12.6. The van der Waals surface area contributed by atoms with Gasteiger partial charge in [0.1, 0.15) is 5.76 Å². The van der Waals surface area contributed by atoms with Gasteiger partial charge in [0.25, 0.3) is 0 Å². The van der Waals surface area contributed by atoms with E-state index >= 15 is 0 Å². The quantitative estimate of drug-likeness (QED) is 0.779. The van der Waals surface area contributed by atoms with E-state index in [0.29, 0.717) is 12.4 Å². The van der Waals surface area contributed by atoms with Gasteiger partial charge in [-0.3, -0.25) is 4.90 Å². The SMILES string of the molecule is CCOC(=O)C(c1ccco1)N1CCCCC1c1ccccc1. The number of esters is 1. The number of piperidine rings is 1. The van der Waals surface area contributed by atoms with E-state index in [1.165, 1.54) is 12.0 Å². The van der Waals surface area contributed by atoms with Crippen LogP contribution in [0, 0.1) is 0 Å². The fraction of sp³-hybridized carbons (Fsp3) is 0.421. The number of ether oxygens (including phenoxy) is 1. The highest BCUT2D eigenvalue weighted by Gasteiger charge is 2.37. The van der Waals surface area contributed by atoms with Crippen molar-refractivity contribution >= 4 is 5.97 Å². The number of hydrogen-bond donors (Lipinski definition) is 0. The largest absolute Gasteiger partial charge is 0.467 e. The van der Waals surface area contributed by atoms with Gasteiger partial charge in [-0.15, -0.1) is 0 Å². The summed E-state index contributed by atoms with van der Waals surface area (Å²) in [5.74, 6) is 0.427. The van der Waals surface area contributed by atoms with Crippen molar-refractivity contribution in [3.05, 3.63) is 60.1 Å². The van der Waals surface area contributed by atoms with Gasteiger partial charge in [-0.05, 0) is 37.5 Å². The number of nitrogens with zero attached hydrogens (tertiary/aromatic N) is 1. The van der Waals surface area contributed by atoms with Crippen LogP contribution in [0.3, 0.4) is 0 Å². The molecule has 1 aliphatic rings. The molecule has 0 spiro atoms. The number of benzene rings is 1. The Balaban J connectivity index is 1.93. The Labute approximate surface area is 137 Å². The molecule has 0 amide bonds. The van der Waals surface area contributed by atoms with Gasteiger partial charge in [-0.1, -0.05) is 36.8 Å². The molecule has 1 aromatic carbocycles. The molecular weight excluding hydrogens is 290 g/mol. The molecule has 2 atom stereocenters. The maximum Gasteiger partial charge on any atom is 0.331 e. The summed E-state index contributed by atoms with van der Waals surface area (Å²) in [5, 5.41) is 0. The van der Waals surface area contributed by atoms with Crippen LogP contribution < -0.4 is 0 Å². The van der Waals surface area contributed by atoms with Crippen molar-refractivity contribution in [2.24, 2.45) is 0 Å². The summed E-state index contributed by atoms with van der Waals surface area (Å²) < 4.78 is 10.9. The first-order chi connectivity index (χ1) is 11.3. The highest BCUT2D eigenvalue weighted by atomic mass is 16.5. The number of hydrogen-bond acceptors (Lipinski definition) is 4. The minimum absolute atomic E-state index is 0.212. The summed E-state index contributed by atoms with van der Waals surface area (Å²) in [6.07, 6.45) is 4.91. The molecule has 122 valence electrons. The molecule has 2 heterocycles. The molecule has 1 saturated heterocycles. The first-order valence-electron chi connectivity index (χ1n) is 8.32. The second-order valence-corrected chi connectivity index (χ2v) is 5.83. The lowest BCUT2D eigenvalue weighted by atomic mass is 9.93. The summed E-state index contributed by atoms with van der Waals surface area (Å²) in [6, 6.07) is 13.8.